The molecule has 1 heterocycles. The van der Waals surface area contributed by atoms with Crippen LogP contribution in [0.2, 0.25) is 0 Å². The highest BCUT2D eigenvalue weighted by Gasteiger charge is 2.45. The summed E-state index contributed by atoms with van der Waals surface area (Å²) in [5, 5.41) is 6.59. The van der Waals surface area contributed by atoms with Crippen LogP contribution in [-0.2, 0) is 17.4 Å². The minimum atomic E-state index is -0.135. The Morgan fingerprint density at radius 3 is 2.59 bits per heavy atom. The first-order chi connectivity index (χ1) is 12.8. The van der Waals surface area contributed by atoms with Crippen molar-refractivity contribution in [3.05, 3.63) is 53.5 Å². The van der Waals surface area contributed by atoms with E-state index in [1.54, 1.807) is 12.3 Å². The van der Waals surface area contributed by atoms with E-state index in [2.05, 4.69) is 41.4 Å². The van der Waals surface area contributed by atoms with Gasteiger partial charge in [0, 0.05) is 23.9 Å². The highest BCUT2D eigenvalue weighted by molar-refractivity contribution is 5.79. The average Bonchev–Trinajstić information content (AvgIpc) is 3.24. The minimum Gasteiger partial charge on any atom is -0.443 e. The van der Waals surface area contributed by atoms with E-state index in [4.69, 9.17) is 4.42 Å². The second-order valence-electron chi connectivity index (χ2n) is 8.18. The molecule has 6 heteroatoms. The van der Waals surface area contributed by atoms with Crippen LogP contribution in [0.3, 0.4) is 0 Å². The summed E-state index contributed by atoms with van der Waals surface area (Å²) in [6.45, 7) is 10.0. The van der Waals surface area contributed by atoms with E-state index in [1.807, 2.05) is 19.1 Å². The first kappa shape index (κ1) is 19.4. The van der Waals surface area contributed by atoms with Crippen molar-refractivity contribution >= 4 is 5.96 Å². The molecule has 1 fully saturated rings. The highest BCUT2D eigenvalue weighted by atomic mass is 19.1. The van der Waals surface area contributed by atoms with E-state index in [9.17, 15) is 4.39 Å². The van der Waals surface area contributed by atoms with Crippen molar-refractivity contribution in [2.24, 2.45) is 4.99 Å². The molecule has 1 aromatic heterocycles. The Morgan fingerprint density at radius 1 is 1.26 bits per heavy atom. The van der Waals surface area contributed by atoms with Gasteiger partial charge in [-0.15, -0.1) is 0 Å². The van der Waals surface area contributed by atoms with Gasteiger partial charge in [0.15, 0.2) is 5.96 Å². The number of hydrogen-bond acceptors (Lipinski definition) is 3. The number of nitrogens with zero attached hydrogens (tertiary/aromatic N) is 2. The molecule has 0 bridgehead atoms. The Morgan fingerprint density at radius 2 is 2.00 bits per heavy atom. The topological polar surface area (TPSA) is 62.5 Å². The number of halogens is 1. The monoisotopic (exact) mass is 372 g/mol. The number of guanidine groups is 1. The van der Waals surface area contributed by atoms with Gasteiger partial charge in [-0.1, -0.05) is 39.0 Å². The van der Waals surface area contributed by atoms with Crippen LogP contribution in [0.5, 0.6) is 0 Å². The van der Waals surface area contributed by atoms with Crippen molar-refractivity contribution in [1.29, 1.82) is 0 Å². The molecule has 2 aromatic rings. The van der Waals surface area contributed by atoms with E-state index in [0.717, 1.165) is 30.7 Å². The van der Waals surface area contributed by atoms with Crippen LogP contribution in [0.1, 0.15) is 57.8 Å². The number of aromatic nitrogens is 1. The van der Waals surface area contributed by atoms with Crippen LogP contribution in [0.15, 0.2) is 39.9 Å². The number of rotatable bonds is 6. The van der Waals surface area contributed by atoms with Gasteiger partial charge in [-0.3, -0.25) is 0 Å². The molecule has 0 saturated heterocycles. The molecule has 0 spiro atoms. The van der Waals surface area contributed by atoms with E-state index in [0.29, 0.717) is 24.9 Å². The van der Waals surface area contributed by atoms with E-state index >= 15 is 0 Å². The maximum absolute atomic E-state index is 14.2. The summed E-state index contributed by atoms with van der Waals surface area (Å²) in [4.78, 5) is 8.89. The van der Waals surface area contributed by atoms with Gasteiger partial charge >= 0.3 is 0 Å². The third kappa shape index (κ3) is 4.67. The van der Waals surface area contributed by atoms with Crippen LogP contribution < -0.4 is 10.6 Å². The zero-order valence-corrected chi connectivity index (χ0v) is 16.6. The lowest BCUT2D eigenvalue weighted by Crippen LogP contribution is -2.41. The molecule has 5 nitrogen and oxygen atoms in total. The van der Waals surface area contributed by atoms with Crippen molar-refractivity contribution in [2.45, 2.75) is 57.9 Å². The van der Waals surface area contributed by atoms with Gasteiger partial charge in [0.1, 0.15) is 18.1 Å². The molecule has 1 aliphatic carbocycles. The quantitative estimate of drug-likeness (QED) is 0.596. The number of benzene rings is 1. The summed E-state index contributed by atoms with van der Waals surface area (Å²) in [5.41, 5.74) is 0.579. The summed E-state index contributed by atoms with van der Waals surface area (Å²) in [6.07, 6.45) is 3.73. The molecule has 0 amide bonds. The van der Waals surface area contributed by atoms with Crippen LogP contribution >= 0.6 is 0 Å². The third-order valence-electron chi connectivity index (χ3n) is 4.90. The Balaban J connectivity index is 1.65. The van der Waals surface area contributed by atoms with Crippen LogP contribution in [0, 0.1) is 5.82 Å². The lowest BCUT2D eigenvalue weighted by molar-refractivity contribution is 0.383. The predicted octanol–water partition coefficient (Wildman–Crippen LogP) is 3.90. The molecule has 1 saturated carbocycles. The molecule has 0 aliphatic heterocycles. The Kier molecular flexibility index (Phi) is 5.53. The molecule has 0 atom stereocenters. The second kappa shape index (κ2) is 7.71. The highest BCUT2D eigenvalue weighted by Crippen LogP contribution is 2.48. The number of aliphatic imine (C=N–C) groups is 1. The molecule has 1 aromatic carbocycles. The van der Waals surface area contributed by atoms with Gasteiger partial charge < -0.3 is 15.1 Å². The average molecular weight is 372 g/mol. The summed E-state index contributed by atoms with van der Waals surface area (Å²) >= 11 is 0. The lowest BCUT2D eigenvalue weighted by Gasteiger charge is -2.19. The molecule has 0 radical (unpaired) electrons. The Bertz CT molecular complexity index is 803. The number of oxazole rings is 1. The molecule has 146 valence electrons. The van der Waals surface area contributed by atoms with E-state index in [1.165, 1.54) is 6.07 Å². The van der Waals surface area contributed by atoms with Gasteiger partial charge in [0.2, 0.25) is 5.89 Å². The molecule has 27 heavy (non-hydrogen) atoms. The van der Waals surface area contributed by atoms with Crippen LogP contribution in [-0.4, -0.2) is 24.0 Å². The first-order valence-corrected chi connectivity index (χ1v) is 9.56. The molecule has 2 N–H and O–H groups in total. The Hall–Kier alpha value is -2.37. The molecule has 0 unspecified atom stereocenters. The largest absolute Gasteiger partial charge is 0.443 e. The molecule has 3 rings (SSSR count). The molecular formula is C21H29FN4O. The van der Waals surface area contributed by atoms with Gasteiger partial charge in [-0.2, -0.15) is 0 Å². The Labute approximate surface area is 160 Å². The lowest BCUT2D eigenvalue weighted by atomic mass is 9.94. The fraction of sp³-hybridized carbons (Fsp3) is 0.524. The molecule has 1 aliphatic rings. The van der Waals surface area contributed by atoms with Gasteiger partial charge in [0.25, 0.3) is 0 Å². The summed E-state index contributed by atoms with van der Waals surface area (Å²) in [5.74, 6) is 2.00. The predicted molar refractivity (Wildman–Crippen MR) is 105 cm³/mol. The van der Waals surface area contributed by atoms with Crippen molar-refractivity contribution in [3.8, 4) is 0 Å². The van der Waals surface area contributed by atoms with E-state index < -0.39 is 0 Å². The van der Waals surface area contributed by atoms with Crippen molar-refractivity contribution in [2.75, 3.05) is 13.1 Å². The van der Waals surface area contributed by atoms with Crippen molar-refractivity contribution < 1.29 is 8.81 Å². The normalized spacial score (nSPS) is 16.3. The second-order valence-corrected chi connectivity index (χ2v) is 8.18. The molecular weight excluding hydrogens is 343 g/mol. The maximum Gasteiger partial charge on any atom is 0.216 e. The fourth-order valence-electron chi connectivity index (χ4n) is 3.05. The zero-order chi connectivity index (χ0) is 19.5. The zero-order valence-electron chi connectivity index (χ0n) is 16.6. The van der Waals surface area contributed by atoms with Crippen molar-refractivity contribution in [3.63, 3.8) is 0 Å². The summed E-state index contributed by atoms with van der Waals surface area (Å²) in [6, 6.07) is 7.04. The van der Waals surface area contributed by atoms with E-state index in [-0.39, 0.29) is 16.6 Å². The van der Waals surface area contributed by atoms with Crippen LogP contribution in [0.25, 0.3) is 0 Å². The number of nitrogens with one attached hydrogen (secondary N) is 2. The van der Waals surface area contributed by atoms with Gasteiger partial charge in [0.05, 0.1) is 6.20 Å². The smallest absolute Gasteiger partial charge is 0.216 e. The van der Waals surface area contributed by atoms with Gasteiger partial charge in [-0.05, 0) is 31.4 Å². The van der Waals surface area contributed by atoms with Crippen molar-refractivity contribution in [1.82, 2.24) is 15.6 Å². The SMILES string of the molecule is CCNC(=NCc1ncc(C(C)(C)C)o1)NCC1(c2ccccc2F)CC1. The standard InChI is InChI=1S/C21H29FN4O/c1-5-23-19(25-13-18-24-12-17(27-18)20(2,3)4)26-14-21(10-11-21)15-8-6-7-9-16(15)22/h6-9,12H,5,10-11,13-14H2,1-4H3,(H2,23,25,26). The van der Waals surface area contributed by atoms with Gasteiger partial charge in [-0.25, -0.2) is 14.4 Å². The number of hydrogen-bond donors (Lipinski definition) is 2. The maximum atomic E-state index is 14.2. The third-order valence-corrected chi connectivity index (χ3v) is 4.90. The fourth-order valence-corrected chi connectivity index (χ4v) is 3.05. The van der Waals surface area contributed by atoms with Crippen LogP contribution in [0.4, 0.5) is 4.39 Å². The summed E-state index contributed by atoms with van der Waals surface area (Å²) in [7, 11) is 0. The summed E-state index contributed by atoms with van der Waals surface area (Å²) < 4.78 is 20.0. The first-order valence-electron chi connectivity index (χ1n) is 9.56. The minimum absolute atomic E-state index is 0.0736.